The largest absolute Gasteiger partial charge is 0.375 e. The molecule has 1 aliphatic heterocycles. The molecule has 0 amide bonds. The molecule has 0 saturated carbocycles. The molecule has 0 aromatic heterocycles. The lowest BCUT2D eigenvalue weighted by Crippen LogP contribution is -2.39. The van der Waals surface area contributed by atoms with Crippen LogP contribution in [-0.4, -0.2) is 30.8 Å². The van der Waals surface area contributed by atoms with Gasteiger partial charge in [0.25, 0.3) is 0 Å². The summed E-state index contributed by atoms with van der Waals surface area (Å²) in [4.78, 5) is 0. The van der Waals surface area contributed by atoms with E-state index in [2.05, 4.69) is 5.32 Å². The fraction of sp³-hybridized carbons (Fsp3) is 0.571. The molecule has 1 aromatic carbocycles. The highest BCUT2D eigenvalue weighted by Crippen LogP contribution is 2.28. The zero-order chi connectivity index (χ0) is 13.7. The van der Waals surface area contributed by atoms with Crippen LogP contribution in [0.4, 0.5) is 8.78 Å². The highest BCUT2D eigenvalue weighted by molar-refractivity contribution is 7.99. The van der Waals surface area contributed by atoms with E-state index in [0.29, 0.717) is 12.2 Å². The Morgan fingerprint density at radius 3 is 3.00 bits per heavy atom. The van der Waals surface area contributed by atoms with Crippen LogP contribution in [0.1, 0.15) is 24.9 Å². The van der Waals surface area contributed by atoms with Crippen LogP contribution < -0.4 is 5.32 Å². The number of hydrogen-bond acceptors (Lipinski definition) is 3. The van der Waals surface area contributed by atoms with E-state index in [1.165, 1.54) is 12.1 Å². The Bertz CT molecular complexity index is 410. The Kier molecular flexibility index (Phi) is 5.60. The number of benzene rings is 1. The van der Waals surface area contributed by atoms with Crippen LogP contribution in [0.25, 0.3) is 0 Å². The minimum Gasteiger partial charge on any atom is -0.375 e. The number of nitrogens with one attached hydrogen (secondary N) is 1. The second-order valence-electron chi connectivity index (χ2n) is 4.58. The lowest BCUT2D eigenvalue weighted by molar-refractivity contribution is 0.0458. The molecule has 1 N–H and O–H groups in total. The van der Waals surface area contributed by atoms with E-state index < -0.39 is 5.82 Å². The topological polar surface area (TPSA) is 21.3 Å². The third-order valence-corrected chi connectivity index (χ3v) is 4.14. The normalized spacial score (nSPS) is 21.3. The third kappa shape index (κ3) is 3.91. The van der Waals surface area contributed by atoms with Gasteiger partial charge in [-0.05, 0) is 31.2 Å². The molecule has 0 aliphatic carbocycles. The molecule has 0 radical (unpaired) electrons. The molecule has 0 spiro atoms. The Labute approximate surface area is 116 Å². The predicted molar refractivity (Wildman–Crippen MR) is 74.5 cm³/mol. The van der Waals surface area contributed by atoms with Crippen LogP contribution in [0.3, 0.4) is 0 Å². The zero-order valence-corrected chi connectivity index (χ0v) is 11.8. The van der Waals surface area contributed by atoms with Gasteiger partial charge in [0.1, 0.15) is 11.6 Å². The molecule has 2 rings (SSSR count). The highest BCUT2D eigenvalue weighted by Gasteiger charge is 2.28. The van der Waals surface area contributed by atoms with E-state index in [1.54, 1.807) is 11.8 Å². The molecule has 1 heterocycles. The maximum atomic E-state index is 13.9. The molecule has 2 nitrogen and oxygen atoms in total. The van der Waals surface area contributed by atoms with Crippen molar-refractivity contribution in [2.24, 2.45) is 0 Å². The van der Waals surface area contributed by atoms with Gasteiger partial charge in [-0.1, -0.05) is 6.92 Å². The Balaban J connectivity index is 2.22. The minimum atomic E-state index is -0.414. The van der Waals surface area contributed by atoms with E-state index >= 15 is 0 Å². The number of rotatable bonds is 5. The van der Waals surface area contributed by atoms with Crippen molar-refractivity contribution in [3.8, 4) is 0 Å². The molecule has 2 unspecified atom stereocenters. The van der Waals surface area contributed by atoms with Gasteiger partial charge >= 0.3 is 0 Å². The van der Waals surface area contributed by atoms with Crippen molar-refractivity contribution in [1.29, 1.82) is 0 Å². The monoisotopic (exact) mass is 287 g/mol. The van der Waals surface area contributed by atoms with Gasteiger partial charge in [-0.3, -0.25) is 0 Å². The lowest BCUT2D eigenvalue weighted by atomic mass is 10.0. The molecule has 19 heavy (non-hydrogen) atoms. The first-order chi connectivity index (χ1) is 9.22. The first-order valence-electron chi connectivity index (χ1n) is 6.60. The van der Waals surface area contributed by atoms with Gasteiger partial charge in [0.15, 0.2) is 0 Å². The average molecular weight is 287 g/mol. The van der Waals surface area contributed by atoms with Crippen molar-refractivity contribution in [2.75, 3.05) is 24.7 Å². The standard InChI is InChI=1S/C14H19F2NOS/c1-2-5-17-14(13-9-19-7-6-18-13)11-8-10(15)3-4-12(11)16/h3-4,8,13-14,17H,2,5-7,9H2,1H3. The van der Waals surface area contributed by atoms with Gasteiger partial charge in [0.05, 0.1) is 18.8 Å². The molecule has 2 atom stereocenters. The van der Waals surface area contributed by atoms with Crippen LogP contribution in [-0.2, 0) is 4.74 Å². The SMILES string of the molecule is CCCNC(c1cc(F)ccc1F)C1CSCCO1. The smallest absolute Gasteiger partial charge is 0.128 e. The summed E-state index contributed by atoms with van der Waals surface area (Å²) >= 11 is 1.79. The van der Waals surface area contributed by atoms with Crippen LogP contribution in [0.2, 0.25) is 0 Å². The summed E-state index contributed by atoms with van der Waals surface area (Å²) in [6.45, 7) is 3.46. The van der Waals surface area contributed by atoms with Crippen molar-refractivity contribution < 1.29 is 13.5 Å². The van der Waals surface area contributed by atoms with E-state index in [1.807, 2.05) is 6.92 Å². The summed E-state index contributed by atoms with van der Waals surface area (Å²) in [7, 11) is 0. The van der Waals surface area contributed by atoms with E-state index in [-0.39, 0.29) is 18.0 Å². The van der Waals surface area contributed by atoms with Gasteiger partial charge in [-0.2, -0.15) is 11.8 Å². The Morgan fingerprint density at radius 2 is 2.32 bits per heavy atom. The molecule has 0 bridgehead atoms. The number of hydrogen-bond donors (Lipinski definition) is 1. The van der Waals surface area contributed by atoms with Crippen LogP contribution in [0.5, 0.6) is 0 Å². The van der Waals surface area contributed by atoms with Crippen molar-refractivity contribution in [3.05, 3.63) is 35.4 Å². The van der Waals surface area contributed by atoms with Crippen molar-refractivity contribution in [3.63, 3.8) is 0 Å². The summed E-state index contributed by atoms with van der Waals surface area (Å²) < 4.78 is 33.0. The van der Waals surface area contributed by atoms with Crippen molar-refractivity contribution in [2.45, 2.75) is 25.5 Å². The Hall–Kier alpha value is -0.650. The van der Waals surface area contributed by atoms with Crippen molar-refractivity contribution >= 4 is 11.8 Å². The lowest BCUT2D eigenvalue weighted by Gasteiger charge is -2.31. The van der Waals surface area contributed by atoms with E-state index in [0.717, 1.165) is 30.5 Å². The van der Waals surface area contributed by atoms with E-state index in [9.17, 15) is 8.78 Å². The fourth-order valence-electron chi connectivity index (χ4n) is 2.19. The highest BCUT2D eigenvalue weighted by atomic mass is 32.2. The molecule has 1 saturated heterocycles. The summed E-state index contributed by atoms with van der Waals surface area (Å²) in [5.74, 6) is 0.970. The molecule has 5 heteroatoms. The second-order valence-corrected chi connectivity index (χ2v) is 5.73. The molecular formula is C14H19F2NOS. The summed E-state index contributed by atoms with van der Waals surface area (Å²) in [5.41, 5.74) is 0.362. The predicted octanol–water partition coefficient (Wildman–Crippen LogP) is 3.14. The maximum Gasteiger partial charge on any atom is 0.128 e. The molecular weight excluding hydrogens is 268 g/mol. The average Bonchev–Trinajstić information content (AvgIpc) is 2.44. The van der Waals surface area contributed by atoms with Gasteiger partial charge < -0.3 is 10.1 Å². The first kappa shape index (κ1) is 14.8. The van der Waals surface area contributed by atoms with Gasteiger partial charge in [-0.25, -0.2) is 8.78 Å². The Morgan fingerprint density at radius 1 is 1.47 bits per heavy atom. The number of thioether (sulfide) groups is 1. The maximum absolute atomic E-state index is 13.9. The summed E-state index contributed by atoms with van der Waals surface area (Å²) in [6, 6.07) is 3.31. The summed E-state index contributed by atoms with van der Waals surface area (Å²) in [6.07, 6.45) is 0.828. The number of ether oxygens (including phenoxy) is 1. The zero-order valence-electron chi connectivity index (χ0n) is 11.0. The third-order valence-electron chi connectivity index (χ3n) is 3.12. The van der Waals surface area contributed by atoms with Crippen LogP contribution in [0.15, 0.2) is 18.2 Å². The second kappa shape index (κ2) is 7.22. The van der Waals surface area contributed by atoms with Gasteiger partial charge in [0.2, 0.25) is 0 Å². The van der Waals surface area contributed by atoms with Gasteiger partial charge in [-0.15, -0.1) is 0 Å². The molecule has 106 valence electrons. The molecule has 1 aromatic rings. The summed E-state index contributed by atoms with van der Waals surface area (Å²) in [5, 5.41) is 3.28. The number of halogens is 2. The van der Waals surface area contributed by atoms with E-state index in [4.69, 9.17) is 4.74 Å². The quantitative estimate of drug-likeness (QED) is 0.899. The fourth-order valence-corrected chi connectivity index (χ4v) is 3.09. The van der Waals surface area contributed by atoms with Crippen molar-refractivity contribution in [1.82, 2.24) is 5.32 Å². The minimum absolute atomic E-state index is 0.110. The van der Waals surface area contributed by atoms with Gasteiger partial charge in [0, 0.05) is 17.1 Å². The van der Waals surface area contributed by atoms with Crippen LogP contribution in [0, 0.1) is 11.6 Å². The van der Waals surface area contributed by atoms with Crippen LogP contribution >= 0.6 is 11.8 Å². The molecule has 1 fully saturated rings. The molecule has 1 aliphatic rings. The first-order valence-corrected chi connectivity index (χ1v) is 7.75.